The lowest BCUT2D eigenvalue weighted by molar-refractivity contribution is -0.384. The van der Waals surface area contributed by atoms with Crippen LogP contribution in [0.2, 0.25) is 0 Å². The van der Waals surface area contributed by atoms with E-state index < -0.39 is 4.92 Å². The minimum atomic E-state index is -0.461. The van der Waals surface area contributed by atoms with Crippen molar-refractivity contribution in [3.05, 3.63) is 64.5 Å². The molecular formula is C14H12FNO3S. The Labute approximate surface area is 119 Å². The molecule has 0 N–H and O–H groups in total. The molecule has 0 radical (unpaired) electrons. The summed E-state index contributed by atoms with van der Waals surface area (Å²) >= 11 is 1.37. The highest BCUT2D eigenvalue weighted by Gasteiger charge is 2.05. The van der Waals surface area contributed by atoms with Crippen LogP contribution < -0.4 is 4.74 Å². The van der Waals surface area contributed by atoms with Crippen molar-refractivity contribution in [3.8, 4) is 5.75 Å². The second-order valence-electron chi connectivity index (χ2n) is 3.88. The zero-order chi connectivity index (χ0) is 14.4. The predicted molar refractivity (Wildman–Crippen MR) is 75.7 cm³/mol. The van der Waals surface area contributed by atoms with E-state index in [9.17, 15) is 14.5 Å². The first-order chi connectivity index (χ1) is 9.66. The van der Waals surface area contributed by atoms with Crippen LogP contribution in [0.1, 0.15) is 0 Å². The molecule has 2 aromatic rings. The molecule has 0 spiro atoms. The van der Waals surface area contributed by atoms with Crippen molar-refractivity contribution in [1.82, 2.24) is 0 Å². The maximum Gasteiger partial charge on any atom is 0.269 e. The molecule has 0 saturated heterocycles. The van der Waals surface area contributed by atoms with E-state index in [1.807, 2.05) is 0 Å². The molecule has 0 unspecified atom stereocenters. The first-order valence-corrected chi connectivity index (χ1v) is 6.90. The standard InChI is InChI=1S/C14H12FNO3S/c15-13-3-1-2-4-14(13)20-10-9-19-12-7-5-11(6-8-12)16(17)18/h1-8H,9-10H2. The molecule has 0 bridgehead atoms. The van der Waals surface area contributed by atoms with E-state index >= 15 is 0 Å². The fourth-order valence-corrected chi connectivity index (χ4v) is 2.30. The Bertz CT molecular complexity index is 589. The van der Waals surface area contributed by atoms with Crippen LogP contribution in [0.5, 0.6) is 5.75 Å². The van der Waals surface area contributed by atoms with Crippen LogP contribution in [0.4, 0.5) is 10.1 Å². The van der Waals surface area contributed by atoms with Gasteiger partial charge in [-0.3, -0.25) is 10.1 Å². The Hall–Kier alpha value is -2.08. The molecule has 0 atom stereocenters. The zero-order valence-electron chi connectivity index (χ0n) is 10.5. The molecule has 0 saturated carbocycles. The third kappa shape index (κ3) is 3.96. The quantitative estimate of drug-likeness (QED) is 0.351. The highest BCUT2D eigenvalue weighted by molar-refractivity contribution is 7.99. The van der Waals surface area contributed by atoms with Crippen molar-refractivity contribution >= 4 is 17.4 Å². The Morgan fingerprint density at radius 2 is 1.85 bits per heavy atom. The maximum atomic E-state index is 13.3. The van der Waals surface area contributed by atoms with Gasteiger partial charge in [0.15, 0.2) is 0 Å². The SMILES string of the molecule is O=[N+]([O-])c1ccc(OCCSc2ccccc2F)cc1. The average molecular weight is 293 g/mol. The molecular weight excluding hydrogens is 281 g/mol. The average Bonchev–Trinajstić information content (AvgIpc) is 2.46. The van der Waals surface area contributed by atoms with Crippen molar-refractivity contribution in [2.24, 2.45) is 0 Å². The van der Waals surface area contributed by atoms with Crippen LogP contribution >= 0.6 is 11.8 Å². The topological polar surface area (TPSA) is 52.4 Å². The van der Waals surface area contributed by atoms with Crippen LogP contribution in [0, 0.1) is 15.9 Å². The molecule has 2 aromatic carbocycles. The van der Waals surface area contributed by atoms with Crippen molar-refractivity contribution in [2.45, 2.75) is 4.90 Å². The van der Waals surface area contributed by atoms with E-state index in [1.54, 1.807) is 30.3 Å². The number of nitro benzene ring substituents is 1. The van der Waals surface area contributed by atoms with Gasteiger partial charge in [0.2, 0.25) is 0 Å². The molecule has 0 aliphatic rings. The van der Waals surface area contributed by atoms with Crippen LogP contribution in [0.25, 0.3) is 0 Å². The monoisotopic (exact) mass is 293 g/mol. The van der Waals surface area contributed by atoms with E-state index in [1.165, 1.54) is 30.0 Å². The first-order valence-electron chi connectivity index (χ1n) is 5.91. The Balaban J connectivity index is 1.79. The molecule has 0 aliphatic heterocycles. The van der Waals surface area contributed by atoms with Gasteiger partial charge in [0.1, 0.15) is 11.6 Å². The lowest BCUT2D eigenvalue weighted by atomic mass is 10.3. The van der Waals surface area contributed by atoms with Crippen LogP contribution in [-0.2, 0) is 0 Å². The number of benzene rings is 2. The van der Waals surface area contributed by atoms with Crippen molar-refractivity contribution in [3.63, 3.8) is 0 Å². The largest absolute Gasteiger partial charge is 0.493 e. The van der Waals surface area contributed by atoms with Crippen LogP contribution in [0.3, 0.4) is 0 Å². The smallest absolute Gasteiger partial charge is 0.269 e. The van der Waals surface area contributed by atoms with Gasteiger partial charge < -0.3 is 4.74 Å². The lowest BCUT2D eigenvalue weighted by Gasteiger charge is -2.06. The van der Waals surface area contributed by atoms with E-state index in [4.69, 9.17) is 4.74 Å². The molecule has 6 heteroatoms. The van der Waals surface area contributed by atoms with E-state index in [0.29, 0.717) is 23.0 Å². The molecule has 20 heavy (non-hydrogen) atoms. The van der Waals surface area contributed by atoms with E-state index in [0.717, 1.165) is 0 Å². The number of hydrogen-bond donors (Lipinski definition) is 0. The van der Waals surface area contributed by atoms with Gasteiger partial charge in [-0.15, -0.1) is 11.8 Å². The van der Waals surface area contributed by atoms with Gasteiger partial charge in [-0.25, -0.2) is 4.39 Å². The highest BCUT2D eigenvalue weighted by Crippen LogP contribution is 2.22. The summed E-state index contributed by atoms with van der Waals surface area (Å²) in [5, 5.41) is 10.5. The zero-order valence-corrected chi connectivity index (χ0v) is 11.3. The summed E-state index contributed by atoms with van der Waals surface area (Å²) in [6.07, 6.45) is 0. The molecule has 104 valence electrons. The summed E-state index contributed by atoms with van der Waals surface area (Å²) in [5.74, 6) is 0.912. The minimum Gasteiger partial charge on any atom is -0.493 e. The highest BCUT2D eigenvalue weighted by atomic mass is 32.2. The minimum absolute atomic E-state index is 0.0260. The number of ether oxygens (including phenoxy) is 1. The number of halogens is 1. The number of hydrogen-bond acceptors (Lipinski definition) is 4. The number of rotatable bonds is 6. The Morgan fingerprint density at radius 1 is 1.15 bits per heavy atom. The molecule has 2 rings (SSSR count). The fraction of sp³-hybridized carbons (Fsp3) is 0.143. The summed E-state index contributed by atoms with van der Waals surface area (Å²) in [7, 11) is 0. The molecule has 0 aromatic heterocycles. The summed E-state index contributed by atoms with van der Waals surface area (Å²) in [4.78, 5) is 10.6. The van der Waals surface area contributed by atoms with Gasteiger partial charge in [0.25, 0.3) is 5.69 Å². The molecule has 0 fully saturated rings. The van der Waals surface area contributed by atoms with Gasteiger partial charge in [-0.2, -0.15) is 0 Å². The van der Waals surface area contributed by atoms with Gasteiger partial charge in [0, 0.05) is 22.8 Å². The summed E-state index contributed by atoms with van der Waals surface area (Å²) in [5.41, 5.74) is 0.0260. The summed E-state index contributed by atoms with van der Waals surface area (Å²) < 4.78 is 18.8. The van der Waals surface area contributed by atoms with Crippen molar-refractivity contribution in [1.29, 1.82) is 0 Å². The van der Waals surface area contributed by atoms with Gasteiger partial charge in [0.05, 0.1) is 11.5 Å². The van der Waals surface area contributed by atoms with Gasteiger partial charge in [-0.1, -0.05) is 12.1 Å². The maximum absolute atomic E-state index is 13.3. The van der Waals surface area contributed by atoms with Crippen molar-refractivity contribution < 1.29 is 14.1 Å². The van der Waals surface area contributed by atoms with Crippen LogP contribution in [0.15, 0.2) is 53.4 Å². The van der Waals surface area contributed by atoms with Gasteiger partial charge in [-0.05, 0) is 24.3 Å². The molecule has 0 amide bonds. The second-order valence-corrected chi connectivity index (χ2v) is 5.02. The number of thioether (sulfide) groups is 1. The Kier molecular flexibility index (Phi) is 4.95. The lowest BCUT2D eigenvalue weighted by Crippen LogP contribution is -2.00. The predicted octanol–water partition coefficient (Wildman–Crippen LogP) is 3.91. The third-order valence-electron chi connectivity index (χ3n) is 2.49. The third-order valence-corrected chi connectivity index (χ3v) is 3.51. The van der Waals surface area contributed by atoms with Crippen LogP contribution in [-0.4, -0.2) is 17.3 Å². The Morgan fingerprint density at radius 3 is 2.50 bits per heavy atom. The first kappa shape index (κ1) is 14.3. The summed E-state index contributed by atoms with van der Waals surface area (Å²) in [6, 6.07) is 12.4. The van der Waals surface area contributed by atoms with E-state index in [2.05, 4.69) is 0 Å². The molecule has 0 heterocycles. The summed E-state index contributed by atoms with van der Waals surface area (Å²) in [6.45, 7) is 0.400. The van der Waals surface area contributed by atoms with E-state index in [-0.39, 0.29) is 11.5 Å². The normalized spacial score (nSPS) is 10.2. The number of nitro groups is 1. The van der Waals surface area contributed by atoms with Crippen molar-refractivity contribution in [2.75, 3.05) is 12.4 Å². The van der Waals surface area contributed by atoms with Gasteiger partial charge >= 0.3 is 0 Å². The number of nitrogens with zero attached hydrogens (tertiary/aromatic N) is 1. The molecule has 4 nitrogen and oxygen atoms in total. The number of non-ortho nitro benzene ring substituents is 1. The fourth-order valence-electron chi connectivity index (χ4n) is 1.54. The molecule has 0 aliphatic carbocycles. The second kappa shape index (κ2) is 6.91.